The third-order valence-corrected chi connectivity index (χ3v) is 5.54. The molecule has 0 unspecified atom stereocenters. The fourth-order valence-electron chi connectivity index (χ4n) is 4.11. The molecular formula is C17H12N12O3. The molecule has 0 amide bonds. The van der Waals surface area contributed by atoms with Crippen molar-refractivity contribution >= 4 is 29.0 Å². The van der Waals surface area contributed by atoms with Crippen molar-refractivity contribution in [3.8, 4) is 0 Å². The lowest BCUT2D eigenvalue weighted by molar-refractivity contribution is 0.0922. The van der Waals surface area contributed by atoms with E-state index in [-0.39, 0.29) is 41.0 Å². The van der Waals surface area contributed by atoms with Gasteiger partial charge in [-0.2, -0.15) is 4.52 Å². The van der Waals surface area contributed by atoms with E-state index in [1.165, 1.54) is 0 Å². The van der Waals surface area contributed by atoms with E-state index in [0.29, 0.717) is 11.1 Å². The van der Waals surface area contributed by atoms with Crippen molar-refractivity contribution in [2.75, 3.05) is 11.5 Å². The molecule has 6 N–H and O–H groups in total. The maximum atomic E-state index is 13.8. The molecule has 0 saturated carbocycles. The minimum Gasteiger partial charge on any atom is -0.379 e. The highest BCUT2D eigenvalue weighted by Crippen LogP contribution is 2.41. The molecule has 15 nitrogen and oxygen atoms in total. The molecule has 0 bridgehead atoms. The number of aromatic nitrogens is 10. The number of aromatic amines is 2. The van der Waals surface area contributed by atoms with Crippen LogP contribution in [0.5, 0.6) is 0 Å². The lowest BCUT2D eigenvalue weighted by Gasteiger charge is -2.24. The third kappa shape index (κ3) is 2.10. The maximum Gasteiger partial charge on any atom is 0.287 e. The number of fused-ring (bicyclic) bond motifs is 3. The molecule has 1 atom stereocenters. The van der Waals surface area contributed by atoms with Crippen LogP contribution in [0.3, 0.4) is 0 Å². The number of rotatable bonds is 2. The number of nitrogen functional groups attached to an aromatic ring is 2. The molecule has 5 aromatic rings. The number of nitrogens with zero attached hydrogens (tertiary/aromatic N) is 8. The first-order valence-electron chi connectivity index (χ1n) is 9.26. The summed E-state index contributed by atoms with van der Waals surface area (Å²) in [6, 6.07) is 6.79. The Hall–Kier alpha value is -4.95. The number of ketones is 1. The number of carbonyl (C=O) groups excluding carboxylic acids is 1. The van der Waals surface area contributed by atoms with Gasteiger partial charge in [0, 0.05) is 5.56 Å². The largest absolute Gasteiger partial charge is 0.379 e. The molecule has 1 aromatic carbocycles. The summed E-state index contributed by atoms with van der Waals surface area (Å²) in [6.45, 7) is 0. The lowest BCUT2D eigenvalue weighted by Crippen LogP contribution is -2.46. The molecule has 1 aliphatic rings. The van der Waals surface area contributed by atoms with Gasteiger partial charge in [-0.3, -0.25) is 19.5 Å². The summed E-state index contributed by atoms with van der Waals surface area (Å²) in [4.78, 5) is 48.6. The molecule has 158 valence electrons. The normalized spacial score (nSPS) is 17.9. The minimum absolute atomic E-state index is 0.0203. The molecule has 1 aliphatic carbocycles. The minimum atomic E-state index is -1.86. The number of anilines is 2. The highest BCUT2D eigenvalue weighted by Gasteiger charge is 2.54. The van der Waals surface area contributed by atoms with Gasteiger partial charge in [-0.15, -0.1) is 19.9 Å². The maximum absolute atomic E-state index is 13.8. The van der Waals surface area contributed by atoms with Crippen molar-refractivity contribution in [3.63, 3.8) is 0 Å². The Morgan fingerprint density at radius 3 is 2.50 bits per heavy atom. The average Bonchev–Trinajstić information content (AvgIpc) is 3.42. The van der Waals surface area contributed by atoms with E-state index in [0.717, 1.165) is 9.15 Å². The van der Waals surface area contributed by atoms with Crippen molar-refractivity contribution in [1.29, 1.82) is 0 Å². The van der Waals surface area contributed by atoms with E-state index >= 15 is 0 Å². The Kier molecular flexibility index (Phi) is 3.24. The highest BCUT2D eigenvalue weighted by molar-refractivity contribution is 6.10. The standard InChI is InChI=1S/C17H12N12O3/c18-11-12-20-8(14(32)26-29(12)27-22-11)17(5-6-3-1-2-4-7(6)10(17)30)9-13(31)25-28-15(19)23-24-16(28)21-9/h1-4H,5,18H2,(H2,19,23)(H,25,31)(H,26,32)/t17-/m1/s1. The lowest BCUT2D eigenvalue weighted by atomic mass is 9.77. The highest BCUT2D eigenvalue weighted by atomic mass is 16.1. The molecule has 0 aliphatic heterocycles. The molecule has 15 heteroatoms. The number of H-pyrrole nitrogens is 2. The molecule has 32 heavy (non-hydrogen) atoms. The Morgan fingerprint density at radius 2 is 1.69 bits per heavy atom. The molecule has 0 radical (unpaired) electrons. The van der Waals surface area contributed by atoms with Gasteiger partial charge in [0.2, 0.25) is 11.6 Å². The van der Waals surface area contributed by atoms with Crippen LogP contribution in [0.4, 0.5) is 11.8 Å². The molecular weight excluding hydrogens is 420 g/mol. The van der Waals surface area contributed by atoms with Gasteiger partial charge >= 0.3 is 0 Å². The summed E-state index contributed by atoms with van der Waals surface area (Å²) in [7, 11) is 0. The second-order valence-electron chi connectivity index (χ2n) is 7.27. The zero-order chi connectivity index (χ0) is 22.2. The van der Waals surface area contributed by atoms with Crippen LogP contribution in [-0.4, -0.2) is 55.6 Å². The Bertz CT molecular complexity index is 1710. The van der Waals surface area contributed by atoms with Gasteiger partial charge in [-0.1, -0.05) is 24.3 Å². The number of carbonyl (C=O) groups is 1. The fraction of sp³-hybridized carbons (Fsp3) is 0.118. The third-order valence-electron chi connectivity index (χ3n) is 5.54. The van der Waals surface area contributed by atoms with Crippen molar-refractivity contribution in [2.45, 2.75) is 11.8 Å². The van der Waals surface area contributed by atoms with Crippen LogP contribution in [0.2, 0.25) is 0 Å². The molecule has 4 aromatic heterocycles. The predicted octanol–water partition coefficient (Wildman–Crippen LogP) is -2.17. The number of nitrogens with two attached hydrogens (primary N) is 2. The van der Waals surface area contributed by atoms with Crippen molar-refractivity contribution in [3.05, 3.63) is 67.5 Å². The van der Waals surface area contributed by atoms with Gasteiger partial charge in [-0.05, 0) is 17.2 Å². The van der Waals surface area contributed by atoms with Crippen LogP contribution in [0.25, 0.3) is 11.4 Å². The summed E-state index contributed by atoms with van der Waals surface area (Å²) >= 11 is 0. The number of hydrogen-bond acceptors (Lipinski definition) is 11. The van der Waals surface area contributed by atoms with Gasteiger partial charge in [0.1, 0.15) is 16.8 Å². The van der Waals surface area contributed by atoms with E-state index in [4.69, 9.17) is 11.5 Å². The quantitative estimate of drug-likeness (QED) is 0.235. The van der Waals surface area contributed by atoms with E-state index in [1.807, 2.05) is 0 Å². The predicted molar refractivity (Wildman–Crippen MR) is 107 cm³/mol. The fourth-order valence-corrected chi connectivity index (χ4v) is 4.11. The zero-order valence-corrected chi connectivity index (χ0v) is 16.0. The summed E-state index contributed by atoms with van der Waals surface area (Å²) in [5.41, 5.74) is 8.59. The summed E-state index contributed by atoms with van der Waals surface area (Å²) in [5.74, 6) is -0.732. The molecule has 6 rings (SSSR count). The van der Waals surface area contributed by atoms with Gasteiger partial charge < -0.3 is 11.5 Å². The number of benzene rings is 1. The number of Topliss-reactive ketones (excluding diaryl/α,β-unsaturated/α-hetero) is 1. The monoisotopic (exact) mass is 432 g/mol. The Morgan fingerprint density at radius 1 is 0.938 bits per heavy atom. The van der Waals surface area contributed by atoms with Gasteiger partial charge in [0.15, 0.2) is 11.6 Å². The van der Waals surface area contributed by atoms with Crippen LogP contribution >= 0.6 is 0 Å². The number of hydrogen-bond donors (Lipinski definition) is 4. The van der Waals surface area contributed by atoms with Gasteiger partial charge in [0.25, 0.3) is 16.9 Å². The van der Waals surface area contributed by atoms with Crippen LogP contribution in [-0.2, 0) is 11.8 Å². The Balaban J connectivity index is 1.74. The van der Waals surface area contributed by atoms with E-state index in [2.05, 4.69) is 40.7 Å². The SMILES string of the molecule is Nc1nnn2[nH]c(=O)c([C@@]3(c4nc5nnc(N)n5[nH]c4=O)Cc4ccccc4C3=O)nc12. The van der Waals surface area contributed by atoms with Crippen LogP contribution in [0, 0.1) is 0 Å². The summed E-state index contributed by atoms with van der Waals surface area (Å²) in [5, 5.41) is 19.8. The van der Waals surface area contributed by atoms with E-state index < -0.39 is 22.3 Å². The van der Waals surface area contributed by atoms with Crippen LogP contribution < -0.4 is 22.6 Å². The average molecular weight is 432 g/mol. The van der Waals surface area contributed by atoms with Crippen LogP contribution in [0.15, 0.2) is 33.9 Å². The smallest absolute Gasteiger partial charge is 0.287 e. The van der Waals surface area contributed by atoms with Crippen molar-refractivity contribution in [1.82, 2.24) is 49.8 Å². The summed E-state index contributed by atoms with van der Waals surface area (Å²) < 4.78 is 2.06. The van der Waals surface area contributed by atoms with Gasteiger partial charge in [-0.25, -0.2) is 15.1 Å². The molecule has 0 spiro atoms. The summed E-state index contributed by atoms with van der Waals surface area (Å²) in [6.07, 6.45) is -0.0361. The first kappa shape index (κ1) is 17.9. The molecule has 4 heterocycles. The molecule has 0 saturated heterocycles. The Labute approximate surface area is 175 Å². The van der Waals surface area contributed by atoms with Crippen LogP contribution in [0.1, 0.15) is 27.3 Å². The number of nitrogens with one attached hydrogen (secondary N) is 2. The second-order valence-corrected chi connectivity index (χ2v) is 7.27. The van der Waals surface area contributed by atoms with Crippen molar-refractivity contribution in [2.24, 2.45) is 0 Å². The van der Waals surface area contributed by atoms with E-state index in [1.54, 1.807) is 24.3 Å². The molecule has 0 fully saturated rings. The van der Waals surface area contributed by atoms with Crippen molar-refractivity contribution < 1.29 is 4.79 Å². The zero-order valence-electron chi connectivity index (χ0n) is 16.0. The second kappa shape index (κ2) is 5.81. The van der Waals surface area contributed by atoms with E-state index in [9.17, 15) is 14.4 Å². The van der Waals surface area contributed by atoms with Gasteiger partial charge in [0.05, 0.1) is 0 Å². The first-order valence-corrected chi connectivity index (χ1v) is 9.26. The topological polar surface area (TPSA) is 221 Å². The first-order chi connectivity index (χ1) is 15.4.